The predicted octanol–water partition coefficient (Wildman–Crippen LogP) is 2.21. The molecule has 0 bridgehead atoms. The van der Waals surface area contributed by atoms with Crippen molar-refractivity contribution in [2.75, 3.05) is 6.54 Å². The van der Waals surface area contributed by atoms with Crippen molar-refractivity contribution >= 4 is 12.0 Å². The summed E-state index contributed by atoms with van der Waals surface area (Å²) in [7, 11) is 0. The van der Waals surface area contributed by atoms with Crippen LogP contribution in [-0.4, -0.2) is 40.6 Å². The minimum atomic E-state index is -0.893. The molecule has 1 aliphatic carbocycles. The molecule has 2 fully saturated rings. The second-order valence-corrected chi connectivity index (χ2v) is 6.43. The van der Waals surface area contributed by atoms with Crippen molar-refractivity contribution in [3.8, 4) is 0 Å². The molecule has 5 heteroatoms. The molecule has 0 spiro atoms. The summed E-state index contributed by atoms with van der Waals surface area (Å²) in [5.74, 6) is -0.893. The Morgan fingerprint density at radius 1 is 1.21 bits per heavy atom. The lowest BCUT2D eigenvalue weighted by atomic mass is 9.73. The van der Waals surface area contributed by atoms with Crippen molar-refractivity contribution in [3.63, 3.8) is 0 Å². The van der Waals surface area contributed by atoms with Gasteiger partial charge in [0.25, 0.3) is 0 Å². The Hall–Kier alpha value is -1.26. The Morgan fingerprint density at radius 2 is 1.95 bits per heavy atom. The lowest BCUT2D eigenvalue weighted by Gasteiger charge is -2.40. The van der Waals surface area contributed by atoms with Crippen LogP contribution in [0.4, 0.5) is 4.79 Å². The smallest absolute Gasteiger partial charge is 0.326 e. The molecule has 2 amide bonds. The first-order valence-electron chi connectivity index (χ1n) is 7.22. The van der Waals surface area contributed by atoms with Crippen LogP contribution in [0.1, 0.15) is 52.4 Å². The fourth-order valence-corrected chi connectivity index (χ4v) is 3.26. The van der Waals surface area contributed by atoms with Gasteiger partial charge in [-0.05, 0) is 31.1 Å². The molecular weight excluding hydrogens is 244 g/mol. The third-order valence-electron chi connectivity index (χ3n) is 4.60. The number of rotatable bonds is 2. The monoisotopic (exact) mass is 268 g/mol. The largest absolute Gasteiger partial charge is 0.480 e. The molecule has 0 aromatic rings. The molecule has 0 aromatic carbocycles. The van der Waals surface area contributed by atoms with Gasteiger partial charge in [0.05, 0.1) is 0 Å². The lowest BCUT2D eigenvalue weighted by molar-refractivity contribution is -0.141. The first-order valence-corrected chi connectivity index (χ1v) is 7.22. The van der Waals surface area contributed by atoms with E-state index < -0.39 is 12.0 Å². The Morgan fingerprint density at radius 3 is 2.58 bits per heavy atom. The van der Waals surface area contributed by atoms with Gasteiger partial charge in [0.1, 0.15) is 6.04 Å². The average Bonchev–Trinajstić information content (AvgIpc) is 2.80. The van der Waals surface area contributed by atoms with Crippen LogP contribution in [0.2, 0.25) is 0 Å². The summed E-state index contributed by atoms with van der Waals surface area (Å²) in [5.41, 5.74) is 0.104. The van der Waals surface area contributed by atoms with E-state index >= 15 is 0 Å². The topological polar surface area (TPSA) is 69.6 Å². The number of carboxylic acids is 1. The van der Waals surface area contributed by atoms with Gasteiger partial charge in [-0.2, -0.15) is 0 Å². The summed E-state index contributed by atoms with van der Waals surface area (Å²) < 4.78 is 0. The van der Waals surface area contributed by atoms with Crippen molar-refractivity contribution in [3.05, 3.63) is 0 Å². The van der Waals surface area contributed by atoms with E-state index in [0.29, 0.717) is 13.0 Å². The normalized spacial score (nSPS) is 30.1. The summed E-state index contributed by atoms with van der Waals surface area (Å²) in [6.07, 6.45) is 5.79. The van der Waals surface area contributed by atoms with Crippen LogP contribution in [0.15, 0.2) is 0 Å². The van der Waals surface area contributed by atoms with E-state index in [0.717, 1.165) is 25.7 Å². The van der Waals surface area contributed by atoms with Crippen LogP contribution in [0.3, 0.4) is 0 Å². The molecule has 1 aliphatic heterocycles. The van der Waals surface area contributed by atoms with E-state index in [4.69, 9.17) is 5.11 Å². The second-order valence-electron chi connectivity index (χ2n) is 6.43. The molecule has 1 unspecified atom stereocenters. The van der Waals surface area contributed by atoms with E-state index in [1.165, 1.54) is 11.3 Å². The quantitative estimate of drug-likeness (QED) is 0.806. The van der Waals surface area contributed by atoms with Crippen LogP contribution in [0.25, 0.3) is 0 Å². The zero-order valence-electron chi connectivity index (χ0n) is 11.8. The third-order valence-corrected chi connectivity index (χ3v) is 4.60. The summed E-state index contributed by atoms with van der Waals surface area (Å²) in [6, 6.07) is -0.694. The number of urea groups is 1. The van der Waals surface area contributed by atoms with Crippen LogP contribution >= 0.6 is 0 Å². The van der Waals surface area contributed by atoms with Crippen molar-refractivity contribution in [1.82, 2.24) is 10.2 Å². The summed E-state index contributed by atoms with van der Waals surface area (Å²) in [4.78, 5) is 24.9. The Labute approximate surface area is 114 Å². The van der Waals surface area contributed by atoms with E-state index in [9.17, 15) is 9.59 Å². The summed E-state index contributed by atoms with van der Waals surface area (Å²) in [5, 5.41) is 12.2. The van der Waals surface area contributed by atoms with Crippen LogP contribution in [-0.2, 0) is 4.79 Å². The zero-order valence-corrected chi connectivity index (χ0v) is 11.8. The molecule has 2 N–H and O–H groups in total. The third kappa shape index (κ3) is 3.01. The number of carbonyl (C=O) groups excluding carboxylic acids is 1. The van der Waals surface area contributed by atoms with Crippen molar-refractivity contribution < 1.29 is 14.7 Å². The summed E-state index contributed by atoms with van der Waals surface area (Å²) >= 11 is 0. The fourth-order valence-electron chi connectivity index (χ4n) is 3.26. The maximum atomic E-state index is 12.3. The highest BCUT2D eigenvalue weighted by molar-refractivity contribution is 5.83. The molecule has 2 rings (SSSR count). The lowest BCUT2D eigenvalue weighted by Crippen LogP contribution is -2.53. The molecule has 2 aliphatic rings. The number of hydrogen-bond acceptors (Lipinski definition) is 2. The molecule has 1 saturated heterocycles. The predicted molar refractivity (Wildman–Crippen MR) is 71.9 cm³/mol. The number of likely N-dealkylation sites (tertiary alicyclic amines) is 1. The first-order chi connectivity index (χ1) is 8.92. The van der Waals surface area contributed by atoms with Crippen molar-refractivity contribution in [1.29, 1.82) is 0 Å². The molecule has 0 radical (unpaired) electrons. The molecule has 0 aromatic heterocycles. The van der Waals surface area contributed by atoms with Gasteiger partial charge in [-0.25, -0.2) is 9.59 Å². The van der Waals surface area contributed by atoms with Crippen LogP contribution in [0, 0.1) is 5.41 Å². The second kappa shape index (κ2) is 5.39. The number of carboxylic acid groups (broad SMARTS) is 1. The van der Waals surface area contributed by atoms with Gasteiger partial charge in [-0.1, -0.05) is 26.7 Å². The standard InChI is InChI=1S/C14H24N2O3/c1-14(2)8-4-3-7-11(14)15-13(19)16-9-5-6-10(16)12(17)18/h10-11H,3-9H2,1-2H3,(H,15,19)(H,17,18)/t10-,11?/m0/s1. The number of hydrogen-bond donors (Lipinski definition) is 2. The van der Waals surface area contributed by atoms with Gasteiger partial charge in [0.15, 0.2) is 0 Å². The molecule has 5 nitrogen and oxygen atoms in total. The van der Waals surface area contributed by atoms with Crippen LogP contribution < -0.4 is 5.32 Å². The van der Waals surface area contributed by atoms with Crippen molar-refractivity contribution in [2.45, 2.75) is 64.5 Å². The van der Waals surface area contributed by atoms with E-state index in [1.54, 1.807) is 0 Å². The van der Waals surface area contributed by atoms with Gasteiger partial charge in [-0.3, -0.25) is 0 Å². The van der Waals surface area contributed by atoms with E-state index in [1.807, 2.05) is 0 Å². The molecule has 19 heavy (non-hydrogen) atoms. The number of amides is 2. The minimum absolute atomic E-state index is 0.104. The van der Waals surface area contributed by atoms with E-state index in [2.05, 4.69) is 19.2 Å². The Kier molecular flexibility index (Phi) is 4.02. The molecule has 108 valence electrons. The maximum Gasteiger partial charge on any atom is 0.326 e. The minimum Gasteiger partial charge on any atom is -0.480 e. The zero-order chi connectivity index (χ0) is 14.0. The molecule has 1 saturated carbocycles. The van der Waals surface area contributed by atoms with E-state index in [-0.39, 0.29) is 17.5 Å². The average molecular weight is 268 g/mol. The fraction of sp³-hybridized carbons (Fsp3) is 0.857. The highest BCUT2D eigenvalue weighted by Crippen LogP contribution is 2.35. The number of aliphatic carboxylic acids is 1. The summed E-state index contributed by atoms with van der Waals surface area (Å²) in [6.45, 7) is 4.90. The van der Waals surface area contributed by atoms with Crippen molar-refractivity contribution in [2.24, 2.45) is 5.41 Å². The molecular formula is C14H24N2O3. The molecule has 2 atom stereocenters. The van der Waals surface area contributed by atoms with Gasteiger partial charge in [0.2, 0.25) is 0 Å². The number of nitrogens with zero attached hydrogens (tertiary/aromatic N) is 1. The Bertz CT molecular complexity index is 368. The van der Waals surface area contributed by atoms with Gasteiger partial charge in [0, 0.05) is 12.6 Å². The maximum absolute atomic E-state index is 12.3. The Balaban J connectivity index is 1.98. The SMILES string of the molecule is CC1(C)CCCCC1NC(=O)N1CCC[C@H]1C(=O)O. The van der Waals surface area contributed by atoms with Gasteiger partial charge < -0.3 is 15.3 Å². The van der Waals surface area contributed by atoms with Gasteiger partial charge >= 0.3 is 12.0 Å². The highest BCUT2D eigenvalue weighted by Gasteiger charge is 2.38. The van der Waals surface area contributed by atoms with Crippen LogP contribution in [0.5, 0.6) is 0 Å². The highest BCUT2D eigenvalue weighted by atomic mass is 16.4. The van der Waals surface area contributed by atoms with Gasteiger partial charge in [-0.15, -0.1) is 0 Å². The molecule has 1 heterocycles. The number of nitrogens with one attached hydrogen (secondary N) is 1. The number of carbonyl (C=O) groups is 2. The first kappa shape index (κ1) is 14.2.